The van der Waals surface area contributed by atoms with Gasteiger partial charge in [-0.25, -0.2) is 9.78 Å². The molecule has 6 nitrogen and oxygen atoms in total. The fraction of sp³-hybridized carbons (Fsp3) is 0.500. The van der Waals surface area contributed by atoms with Crippen molar-refractivity contribution in [2.75, 3.05) is 11.9 Å². The number of fused-ring (bicyclic) bond motifs is 1. The molecule has 1 N–H and O–H groups in total. The maximum absolute atomic E-state index is 12.1. The molecule has 0 radical (unpaired) electrons. The van der Waals surface area contributed by atoms with Gasteiger partial charge in [-0.05, 0) is 26.7 Å². The lowest BCUT2D eigenvalue weighted by Gasteiger charge is -2.12. The number of aryl methyl sites for hydroxylation is 2. The highest BCUT2D eigenvalue weighted by Gasteiger charge is 2.27. The van der Waals surface area contributed by atoms with Crippen LogP contribution in [0, 0.1) is 6.92 Å². The smallest absolute Gasteiger partial charge is 0.341 e. The molecule has 106 valence electrons. The maximum atomic E-state index is 12.1. The highest BCUT2D eigenvalue weighted by Crippen LogP contribution is 2.33. The largest absolute Gasteiger partial charge is 0.462 e. The minimum atomic E-state index is -0.340. The monoisotopic (exact) mass is 274 g/mol. The van der Waals surface area contributed by atoms with E-state index in [2.05, 4.69) is 15.4 Å². The minimum absolute atomic E-state index is 0.340. The van der Waals surface area contributed by atoms with Crippen molar-refractivity contribution >= 4 is 22.7 Å². The molecule has 0 unspecified atom stereocenters. The molecular formula is C14H18N4O2. The van der Waals surface area contributed by atoms with Crippen molar-refractivity contribution in [3.05, 3.63) is 17.5 Å². The van der Waals surface area contributed by atoms with Gasteiger partial charge in [0.25, 0.3) is 0 Å². The summed E-state index contributed by atoms with van der Waals surface area (Å²) in [6, 6.07) is 0.438. The van der Waals surface area contributed by atoms with E-state index in [-0.39, 0.29) is 5.97 Å². The molecule has 2 aromatic rings. The van der Waals surface area contributed by atoms with Crippen molar-refractivity contribution in [2.24, 2.45) is 7.05 Å². The Kier molecular flexibility index (Phi) is 3.08. The van der Waals surface area contributed by atoms with Crippen LogP contribution in [-0.2, 0) is 11.8 Å². The zero-order valence-electron chi connectivity index (χ0n) is 11.9. The first-order chi connectivity index (χ1) is 9.61. The molecule has 0 aliphatic heterocycles. The van der Waals surface area contributed by atoms with Crippen molar-refractivity contribution in [2.45, 2.75) is 32.7 Å². The standard InChI is InChI=1S/C14H18N4O2/c1-4-20-14(19)10-7-15-13-11(8(2)17-18(13)3)12(10)16-9-5-6-9/h7,9H,4-6H2,1-3H3,(H,15,16). The molecule has 1 aliphatic carbocycles. The van der Waals surface area contributed by atoms with Gasteiger partial charge in [0.2, 0.25) is 0 Å². The third-order valence-electron chi connectivity index (χ3n) is 3.45. The average molecular weight is 274 g/mol. The van der Waals surface area contributed by atoms with Gasteiger partial charge in [-0.2, -0.15) is 5.10 Å². The predicted octanol–water partition coefficient (Wildman–Crippen LogP) is 2.03. The van der Waals surface area contributed by atoms with Crippen molar-refractivity contribution < 1.29 is 9.53 Å². The zero-order valence-corrected chi connectivity index (χ0v) is 11.9. The lowest BCUT2D eigenvalue weighted by atomic mass is 10.1. The highest BCUT2D eigenvalue weighted by atomic mass is 16.5. The number of nitrogens with one attached hydrogen (secondary N) is 1. The third kappa shape index (κ3) is 2.11. The van der Waals surface area contributed by atoms with E-state index in [4.69, 9.17) is 4.74 Å². The lowest BCUT2D eigenvalue weighted by Crippen LogP contribution is -2.12. The van der Waals surface area contributed by atoms with Gasteiger partial charge in [0.05, 0.1) is 23.4 Å². The first-order valence-corrected chi connectivity index (χ1v) is 6.87. The van der Waals surface area contributed by atoms with Crippen LogP contribution >= 0.6 is 0 Å². The molecule has 1 fully saturated rings. The van der Waals surface area contributed by atoms with Crippen LogP contribution in [0.2, 0.25) is 0 Å². The Morgan fingerprint density at radius 3 is 2.95 bits per heavy atom. The van der Waals surface area contributed by atoms with Gasteiger partial charge in [-0.3, -0.25) is 4.68 Å². The summed E-state index contributed by atoms with van der Waals surface area (Å²) < 4.78 is 6.85. The zero-order chi connectivity index (χ0) is 14.3. The van der Waals surface area contributed by atoms with Crippen LogP contribution in [0.4, 0.5) is 5.69 Å². The highest BCUT2D eigenvalue weighted by molar-refractivity contribution is 6.05. The van der Waals surface area contributed by atoms with Crippen molar-refractivity contribution in [3.63, 3.8) is 0 Å². The summed E-state index contributed by atoms with van der Waals surface area (Å²) >= 11 is 0. The minimum Gasteiger partial charge on any atom is -0.462 e. The van der Waals surface area contributed by atoms with Gasteiger partial charge in [-0.1, -0.05) is 0 Å². The van der Waals surface area contributed by atoms with E-state index >= 15 is 0 Å². The van der Waals surface area contributed by atoms with Crippen LogP contribution in [-0.4, -0.2) is 33.4 Å². The first-order valence-electron chi connectivity index (χ1n) is 6.87. The average Bonchev–Trinajstić information content (AvgIpc) is 3.17. The number of hydrogen-bond donors (Lipinski definition) is 1. The second kappa shape index (κ2) is 4.77. The van der Waals surface area contributed by atoms with Crippen molar-refractivity contribution in [1.82, 2.24) is 14.8 Å². The molecule has 0 saturated heterocycles. The molecule has 1 saturated carbocycles. The number of nitrogens with zero attached hydrogens (tertiary/aromatic N) is 3. The van der Waals surface area contributed by atoms with E-state index in [1.807, 2.05) is 14.0 Å². The summed E-state index contributed by atoms with van der Waals surface area (Å²) in [6.45, 7) is 4.08. The fourth-order valence-electron chi connectivity index (χ4n) is 2.36. The molecule has 0 spiro atoms. The number of carbonyl (C=O) groups excluding carboxylic acids is 1. The molecule has 0 atom stereocenters. The number of hydrogen-bond acceptors (Lipinski definition) is 5. The Morgan fingerprint density at radius 2 is 2.30 bits per heavy atom. The number of carbonyl (C=O) groups is 1. The van der Waals surface area contributed by atoms with Gasteiger partial charge >= 0.3 is 5.97 Å². The Balaban J connectivity index is 2.17. The Morgan fingerprint density at radius 1 is 1.55 bits per heavy atom. The van der Waals surface area contributed by atoms with Crippen LogP contribution in [0.25, 0.3) is 11.0 Å². The molecule has 0 aromatic carbocycles. The van der Waals surface area contributed by atoms with E-state index in [0.29, 0.717) is 18.2 Å². The van der Waals surface area contributed by atoms with E-state index in [9.17, 15) is 4.79 Å². The molecule has 2 heterocycles. The van der Waals surface area contributed by atoms with E-state index in [1.165, 1.54) is 0 Å². The molecule has 2 aromatic heterocycles. The summed E-state index contributed by atoms with van der Waals surface area (Å²) in [5, 5.41) is 8.72. The van der Waals surface area contributed by atoms with Gasteiger partial charge in [-0.15, -0.1) is 0 Å². The quantitative estimate of drug-likeness (QED) is 0.864. The van der Waals surface area contributed by atoms with Gasteiger partial charge < -0.3 is 10.1 Å². The predicted molar refractivity (Wildman–Crippen MR) is 75.8 cm³/mol. The first kappa shape index (κ1) is 12.9. The van der Waals surface area contributed by atoms with E-state index < -0.39 is 0 Å². The van der Waals surface area contributed by atoms with E-state index in [0.717, 1.165) is 35.3 Å². The molecule has 0 amide bonds. The molecule has 3 rings (SSSR count). The number of ether oxygens (including phenoxy) is 1. The second-order valence-corrected chi connectivity index (χ2v) is 5.09. The summed E-state index contributed by atoms with van der Waals surface area (Å²) in [5.74, 6) is -0.340. The topological polar surface area (TPSA) is 69.0 Å². The van der Waals surface area contributed by atoms with Crippen LogP contribution in [0.3, 0.4) is 0 Å². The summed E-state index contributed by atoms with van der Waals surface area (Å²) in [7, 11) is 1.85. The van der Waals surface area contributed by atoms with Gasteiger partial charge in [0.15, 0.2) is 5.65 Å². The number of rotatable bonds is 4. The third-order valence-corrected chi connectivity index (χ3v) is 3.45. The molecule has 1 aliphatic rings. The van der Waals surface area contributed by atoms with Crippen LogP contribution in [0.1, 0.15) is 35.8 Å². The summed E-state index contributed by atoms with van der Waals surface area (Å²) in [6.07, 6.45) is 3.84. The summed E-state index contributed by atoms with van der Waals surface area (Å²) in [5.41, 5.74) is 2.94. The van der Waals surface area contributed by atoms with Gasteiger partial charge in [0.1, 0.15) is 5.56 Å². The van der Waals surface area contributed by atoms with Crippen LogP contribution < -0.4 is 5.32 Å². The van der Waals surface area contributed by atoms with Crippen molar-refractivity contribution in [1.29, 1.82) is 0 Å². The number of pyridine rings is 1. The number of esters is 1. The normalized spacial score (nSPS) is 14.6. The lowest BCUT2D eigenvalue weighted by molar-refractivity contribution is 0.0527. The SMILES string of the molecule is CCOC(=O)c1cnc2c(c(C)nn2C)c1NC1CC1. The van der Waals surface area contributed by atoms with Crippen LogP contribution in [0.15, 0.2) is 6.20 Å². The fourth-order valence-corrected chi connectivity index (χ4v) is 2.36. The maximum Gasteiger partial charge on any atom is 0.341 e. The Hall–Kier alpha value is -2.11. The Bertz CT molecular complexity index is 673. The second-order valence-electron chi connectivity index (χ2n) is 5.09. The number of aromatic nitrogens is 3. The molecule has 6 heteroatoms. The molecule has 20 heavy (non-hydrogen) atoms. The van der Waals surface area contributed by atoms with Gasteiger partial charge in [0, 0.05) is 19.3 Å². The molecule has 0 bridgehead atoms. The Labute approximate surface area is 117 Å². The summed E-state index contributed by atoms with van der Waals surface area (Å²) in [4.78, 5) is 16.5. The number of anilines is 1. The van der Waals surface area contributed by atoms with E-state index in [1.54, 1.807) is 17.8 Å². The van der Waals surface area contributed by atoms with Crippen LogP contribution in [0.5, 0.6) is 0 Å². The van der Waals surface area contributed by atoms with Crippen molar-refractivity contribution in [3.8, 4) is 0 Å². The molecular weight excluding hydrogens is 256 g/mol.